The quantitative estimate of drug-likeness (QED) is 0.428. The maximum Gasteiger partial charge on any atom is 3.00 e. The molecule has 6 nitrogen and oxygen atoms in total. The Morgan fingerprint density at radius 1 is 0.429 bits per heavy atom. The van der Waals surface area contributed by atoms with E-state index >= 15 is 0 Å². The molecule has 0 aliphatic carbocycles. The fraction of sp³-hybridized carbons (Fsp3) is 0. The van der Waals surface area contributed by atoms with E-state index in [0.29, 0.717) is 15.9 Å². The zero-order valence-electron chi connectivity index (χ0n) is 14.7. The SMILES string of the molecule is O=[PH]([O-])c1ccccc1.O=[PH]([O-])c1ccccc1.O=[PH]([O-])c1ccccc1.[La+3]. The predicted octanol–water partition coefficient (Wildman–Crippen LogP) is 0.441. The Bertz CT molecular complexity index is 747. The van der Waals surface area contributed by atoms with Crippen LogP contribution in [0, 0.1) is 35.6 Å². The molecule has 0 N–H and O–H groups in total. The molecule has 0 amide bonds. The van der Waals surface area contributed by atoms with Crippen molar-refractivity contribution in [2.75, 3.05) is 0 Å². The Hall–Kier alpha value is -0.575. The molecule has 0 aliphatic rings. The smallest absolute Gasteiger partial charge is 0.798 e. The van der Waals surface area contributed by atoms with Gasteiger partial charge < -0.3 is 28.4 Å². The first-order chi connectivity index (χ1) is 12.9. The minimum absolute atomic E-state index is 0. The predicted molar refractivity (Wildman–Crippen MR) is 105 cm³/mol. The van der Waals surface area contributed by atoms with E-state index in [1.54, 1.807) is 91.0 Å². The van der Waals surface area contributed by atoms with Crippen molar-refractivity contribution < 1.29 is 64.0 Å². The van der Waals surface area contributed by atoms with Gasteiger partial charge in [-0.15, -0.1) is 0 Å². The number of rotatable bonds is 3. The second kappa shape index (κ2) is 16.2. The van der Waals surface area contributed by atoms with Gasteiger partial charge in [0.15, 0.2) is 0 Å². The molecule has 0 spiro atoms. The van der Waals surface area contributed by atoms with Gasteiger partial charge >= 0.3 is 35.6 Å². The fourth-order valence-electron chi connectivity index (χ4n) is 1.72. The van der Waals surface area contributed by atoms with Crippen molar-refractivity contribution in [2.45, 2.75) is 0 Å². The minimum atomic E-state index is -2.71. The summed E-state index contributed by atoms with van der Waals surface area (Å²) in [5, 5.41) is 1.22. The van der Waals surface area contributed by atoms with Crippen LogP contribution in [-0.4, -0.2) is 0 Å². The standard InChI is InChI=1S/3C6H7O2P.La/c3*7-9(8)6-4-2-1-3-5-6;/h3*1-5,9H,(H,7,8);/q;;;+3/p-3. The first-order valence-corrected chi connectivity index (χ1v) is 11.7. The molecule has 0 fully saturated rings. The molecule has 0 saturated heterocycles. The normalized spacial score (nSPS) is 12.5. The molecular weight excluding hydrogens is 544 g/mol. The van der Waals surface area contributed by atoms with Crippen LogP contribution >= 0.6 is 24.1 Å². The zero-order chi connectivity index (χ0) is 20.1. The third kappa shape index (κ3) is 12.1. The third-order valence-electron chi connectivity index (χ3n) is 3.03. The number of benzene rings is 3. The minimum Gasteiger partial charge on any atom is -0.798 e. The van der Waals surface area contributed by atoms with Crippen LogP contribution in [0.2, 0.25) is 0 Å². The molecule has 0 aromatic heterocycles. The van der Waals surface area contributed by atoms with E-state index in [2.05, 4.69) is 0 Å². The van der Waals surface area contributed by atoms with E-state index in [-0.39, 0.29) is 35.6 Å². The summed E-state index contributed by atoms with van der Waals surface area (Å²) in [5.41, 5.74) is 0. The summed E-state index contributed by atoms with van der Waals surface area (Å²) in [6.07, 6.45) is 0. The van der Waals surface area contributed by atoms with Crippen LogP contribution in [0.5, 0.6) is 0 Å². The molecule has 144 valence electrons. The topological polar surface area (TPSA) is 120 Å². The molecule has 0 aliphatic heterocycles. The average molecular weight is 562 g/mol. The Morgan fingerprint density at radius 3 is 0.714 bits per heavy atom. The maximum atomic E-state index is 10.3. The van der Waals surface area contributed by atoms with Gasteiger partial charge in [-0.05, 0) is 15.9 Å². The Morgan fingerprint density at radius 2 is 0.607 bits per heavy atom. The van der Waals surface area contributed by atoms with Gasteiger partial charge in [-0.2, -0.15) is 0 Å². The third-order valence-corrected chi connectivity index (χ3v) is 5.44. The molecule has 28 heavy (non-hydrogen) atoms. The zero-order valence-corrected chi connectivity index (χ0v) is 21.3. The van der Waals surface area contributed by atoms with Crippen LogP contribution < -0.4 is 30.6 Å². The van der Waals surface area contributed by atoms with Gasteiger partial charge in [0, 0.05) is 24.1 Å². The summed E-state index contributed by atoms with van der Waals surface area (Å²) in [6.45, 7) is 0. The monoisotopic (exact) mass is 562 g/mol. The summed E-state index contributed by atoms with van der Waals surface area (Å²) < 4.78 is 30.8. The molecule has 0 bridgehead atoms. The van der Waals surface area contributed by atoms with E-state index in [0.717, 1.165) is 0 Å². The summed E-state index contributed by atoms with van der Waals surface area (Å²) in [7, 11) is -8.14. The van der Waals surface area contributed by atoms with Gasteiger partial charge in [0.2, 0.25) is 0 Å². The van der Waals surface area contributed by atoms with Gasteiger partial charge in [-0.3, -0.25) is 0 Å². The van der Waals surface area contributed by atoms with Gasteiger partial charge in [-0.25, -0.2) is 0 Å². The summed E-state index contributed by atoms with van der Waals surface area (Å²) in [4.78, 5) is 30.8. The summed E-state index contributed by atoms with van der Waals surface area (Å²) in [6, 6.07) is 25.0. The van der Waals surface area contributed by atoms with E-state index < -0.39 is 24.1 Å². The first kappa shape index (κ1) is 27.4. The van der Waals surface area contributed by atoms with Crippen molar-refractivity contribution in [1.29, 1.82) is 0 Å². The Balaban J connectivity index is 0.000000384. The summed E-state index contributed by atoms with van der Waals surface area (Å²) in [5.74, 6) is 0. The molecule has 3 unspecified atom stereocenters. The molecule has 3 aromatic carbocycles. The van der Waals surface area contributed by atoms with Crippen LogP contribution in [-0.2, 0) is 13.7 Å². The molecule has 10 heteroatoms. The second-order valence-corrected chi connectivity index (χ2v) is 8.42. The molecule has 3 atom stereocenters. The number of hydrogen-bond acceptors (Lipinski definition) is 6. The van der Waals surface area contributed by atoms with Crippen LogP contribution in [0.25, 0.3) is 0 Å². The summed E-state index contributed by atoms with van der Waals surface area (Å²) >= 11 is 0. The molecule has 0 saturated carbocycles. The van der Waals surface area contributed by atoms with Crippen molar-refractivity contribution in [3.05, 3.63) is 91.0 Å². The molecule has 0 radical (unpaired) electrons. The van der Waals surface area contributed by atoms with E-state index in [1.807, 2.05) is 0 Å². The van der Waals surface area contributed by atoms with Crippen LogP contribution in [0.3, 0.4) is 0 Å². The Labute approximate surface area is 193 Å². The van der Waals surface area contributed by atoms with Crippen molar-refractivity contribution in [1.82, 2.24) is 0 Å². The molecular formula is C18H18LaO6P3. The second-order valence-electron chi connectivity index (χ2n) is 4.96. The van der Waals surface area contributed by atoms with Crippen molar-refractivity contribution in [3.63, 3.8) is 0 Å². The first-order valence-electron chi connectivity index (χ1n) is 7.71. The maximum absolute atomic E-state index is 10.3. The molecule has 3 aromatic rings. The van der Waals surface area contributed by atoms with Crippen molar-refractivity contribution >= 4 is 40.0 Å². The molecule has 3 rings (SSSR count). The number of hydrogen-bond donors (Lipinski definition) is 0. The van der Waals surface area contributed by atoms with Crippen molar-refractivity contribution in [3.8, 4) is 0 Å². The largest absolute Gasteiger partial charge is 3.00 e. The van der Waals surface area contributed by atoms with Crippen LogP contribution in [0.15, 0.2) is 91.0 Å². The van der Waals surface area contributed by atoms with E-state index in [1.165, 1.54) is 0 Å². The van der Waals surface area contributed by atoms with Gasteiger partial charge in [0.25, 0.3) is 0 Å². The van der Waals surface area contributed by atoms with Crippen LogP contribution in [0.4, 0.5) is 0 Å². The van der Waals surface area contributed by atoms with Gasteiger partial charge in [0.05, 0.1) is 0 Å². The van der Waals surface area contributed by atoms with E-state index in [9.17, 15) is 28.4 Å². The van der Waals surface area contributed by atoms with E-state index in [4.69, 9.17) is 0 Å². The average Bonchev–Trinajstić information content (AvgIpc) is 2.71. The Kier molecular flexibility index (Phi) is 15.9. The molecule has 0 heterocycles. The van der Waals surface area contributed by atoms with Crippen molar-refractivity contribution in [2.24, 2.45) is 0 Å². The van der Waals surface area contributed by atoms with Gasteiger partial charge in [-0.1, -0.05) is 91.0 Å². The fourth-order valence-corrected chi connectivity index (χ4v) is 3.12. The van der Waals surface area contributed by atoms with Crippen LogP contribution in [0.1, 0.15) is 0 Å². The van der Waals surface area contributed by atoms with Gasteiger partial charge in [0.1, 0.15) is 0 Å².